The largest absolute Gasteiger partial charge is 0.504 e. The first-order valence-corrected chi connectivity index (χ1v) is 9.78. The highest BCUT2D eigenvalue weighted by Gasteiger charge is 2.20. The van der Waals surface area contributed by atoms with Gasteiger partial charge in [0.2, 0.25) is 0 Å². The molecule has 6 heteroatoms. The summed E-state index contributed by atoms with van der Waals surface area (Å²) in [4.78, 5) is 28.5. The Kier molecular flexibility index (Phi) is 6.09. The lowest BCUT2D eigenvalue weighted by molar-refractivity contribution is -0.143. The zero-order chi connectivity index (χ0) is 20.3. The predicted molar refractivity (Wildman–Crippen MR) is 111 cm³/mol. The standard InChI is InChI=1S/C22H20BrNO4/c1-3-28-20(26)11-10-19(25)21-22(27)17(23)12-18(24-21)16-9-8-13(2)14-6-4-5-7-15(14)16/h4-9,12,27H,3,10-11H2,1-2H3. The topological polar surface area (TPSA) is 76.5 Å². The van der Waals surface area contributed by atoms with Gasteiger partial charge in [-0.15, -0.1) is 0 Å². The second kappa shape index (κ2) is 8.52. The molecule has 0 fully saturated rings. The van der Waals surface area contributed by atoms with Gasteiger partial charge in [-0.2, -0.15) is 0 Å². The Morgan fingerprint density at radius 3 is 2.54 bits per heavy atom. The van der Waals surface area contributed by atoms with Crippen molar-refractivity contribution in [1.82, 2.24) is 4.98 Å². The van der Waals surface area contributed by atoms with Crippen LogP contribution in [0, 0.1) is 6.92 Å². The SMILES string of the molecule is CCOC(=O)CCC(=O)c1nc(-c2ccc(C)c3ccccc23)cc(Br)c1O. The van der Waals surface area contributed by atoms with E-state index < -0.39 is 11.8 Å². The van der Waals surface area contributed by atoms with Crippen LogP contribution in [-0.4, -0.2) is 28.4 Å². The summed E-state index contributed by atoms with van der Waals surface area (Å²) in [5.74, 6) is -1.09. The number of nitrogens with zero attached hydrogens (tertiary/aromatic N) is 1. The second-order valence-electron chi connectivity index (χ2n) is 6.39. The molecule has 1 aromatic heterocycles. The molecule has 28 heavy (non-hydrogen) atoms. The Balaban J connectivity index is 2.02. The maximum Gasteiger partial charge on any atom is 0.306 e. The van der Waals surface area contributed by atoms with E-state index in [-0.39, 0.29) is 30.9 Å². The first kappa shape index (κ1) is 20.0. The molecule has 1 N–H and O–H groups in total. The van der Waals surface area contributed by atoms with Crippen LogP contribution in [0.15, 0.2) is 46.9 Å². The summed E-state index contributed by atoms with van der Waals surface area (Å²) >= 11 is 3.31. The van der Waals surface area contributed by atoms with Crippen LogP contribution in [0.4, 0.5) is 0 Å². The number of aryl methyl sites for hydroxylation is 1. The lowest BCUT2D eigenvalue weighted by atomic mass is 9.98. The Morgan fingerprint density at radius 1 is 1.11 bits per heavy atom. The zero-order valence-corrected chi connectivity index (χ0v) is 17.2. The van der Waals surface area contributed by atoms with Gasteiger partial charge in [-0.05, 0) is 52.2 Å². The van der Waals surface area contributed by atoms with Crippen LogP contribution in [0.2, 0.25) is 0 Å². The number of aromatic hydroxyl groups is 1. The molecule has 3 aromatic rings. The Hall–Kier alpha value is -2.73. The predicted octanol–water partition coefficient (Wildman–Crippen LogP) is 5.20. The molecule has 0 atom stereocenters. The van der Waals surface area contributed by atoms with Crippen molar-refractivity contribution in [2.75, 3.05) is 6.61 Å². The molecule has 1 heterocycles. The fraction of sp³-hybridized carbons (Fsp3) is 0.227. The van der Waals surface area contributed by atoms with Crippen LogP contribution in [-0.2, 0) is 9.53 Å². The molecule has 0 aliphatic rings. The minimum Gasteiger partial charge on any atom is -0.504 e. The van der Waals surface area contributed by atoms with Crippen LogP contribution in [0.1, 0.15) is 35.8 Å². The van der Waals surface area contributed by atoms with Crippen LogP contribution < -0.4 is 0 Å². The minimum absolute atomic E-state index is 0.0525. The number of Topliss-reactive ketones (excluding diaryl/α,β-unsaturated/α-hetero) is 1. The number of carbonyl (C=O) groups is 2. The monoisotopic (exact) mass is 441 g/mol. The lowest BCUT2D eigenvalue weighted by Crippen LogP contribution is -2.10. The number of benzene rings is 2. The molecule has 0 radical (unpaired) electrons. The van der Waals surface area contributed by atoms with Gasteiger partial charge in [0.25, 0.3) is 0 Å². The van der Waals surface area contributed by atoms with E-state index in [1.54, 1.807) is 13.0 Å². The van der Waals surface area contributed by atoms with Crippen molar-refractivity contribution in [2.45, 2.75) is 26.7 Å². The smallest absolute Gasteiger partial charge is 0.306 e. The number of hydrogen-bond donors (Lipinski definition) is 1. The second-order valence-corrected chi connectivity index (χ2v) is 7.24. The quantitative estimate of drug-likeness (QED) is 0.419. The summed E-state index contributed by atoms with van der Waals surface area (Å²) in [5, 5.41) is 12.4. The van der Waals surface area contributed by atoms with Gasteiger partial charge >= 0.3 is 5.97 Å². The van der Waals surface area contributed by atoms with E-state index >= 15 is 0 Å². The van der Waals surface area contributed by atoms with Gasteiger partial charge in [-0.1, -0.05) is 36.4 Å². The Bertz CT molecular complexity index is 1060. The summed E-state index contributed by atoms with van der Waals surface area (Å²) in [5.41, 5.74) is 2.52. The maximum absolute atomic E-state index is 12.6. The zero-order valence-electron chi connectivity index (χ0n) is 15.7. The number of fused-ring (bicyclic) bond motifs is 1. The van der Waals surface area contributed by atoms with Crippen LogP contribution in [0.5, 0.6) is 5.75 Å². The number of hydrogen-bond acceptors (Lipinski definition) is 5. The van der Waals surface area contributed by atoms with Gasteiger partial charge in [-0.3, -0.25) is 9.59 Å². The van der Waals surface area contributed by atoms with Gasteiger partial charge < -0.3 is 9.84 Å². The fourth-order valence-corrected chi connectivity index (χ4v) is 3.48. The van der Waals surface area contributed by atoms with E-state index in [9.17, 15) is 14.7 Å². The maximum atomic E-state index is 12.6. The van der Waals surface area contributed by atoms with Crippen molar-refractivity contribution in [3.63, 3.8) is 0 Å². The molecule has 0 aliphatic carbocycles. The van der Waals surface area contributed by atoms with E-state index in [0.717, 1.165) is 21.9 Å². The van der Waals surface area contributed by atoms with Crippen molar-refractivity contribution in [1.29, 1.82) is 0 Å². The van der Waals surface area contributed by atoms with Gasteiger partial charge in [0.15, 0.2) is 11.5 Å². The van der Waals surface area contributed by atoms with E-state index in [1.165, 1.54) is 0 Å². The summed E-state index contributed by atoms with van der Waals surface area (Å²) in [6.45, 7) is 4.01. The molecule has 0 bridgehead atoms. The Morgan fingerprint density at radius 2 is 1.82 bits per heavy atom. The molecule has 0 aliphatic heterocycles. The number of aromatic nitrogens is 1. The molecule has 3 rings (SSSR count). The molecule has 0 saturated heterocycles. The van der Waals surface area contributed by atoms with Crippen molar-refractivity contribution in [3.8, 4) is 17.0 Å². The third kappa shape index (κ3) is 4.07. The number of halogens is 1. The number of ketones is 1. The minimum atomic E-state index is -0.449. The van der Waals surface area contributed by atoms with Crippen LogP contribution >= 0.6 is 15.9 Å². The molecule has 144 valence electrons. The average Bonchev–Trinajstić information content (AvgIpc) is 2.69. The van der Waals surface area contributed by atoms with Gasteiger partial charge in [0, 0.05) is 12.0 Å². The molecule has 2 aromatic carbocycles. The molecular weight excluding hydrogens is 422 g/mol. The van der Waals surface area contributed by atoms with Crippen LogP contribution in [0.25, 0.3) is 22.0 Å². The lowest BCUT2D eigenvalue weighted by Gasteiger charge is -2.12. The number of carbonyl (C=O) groups excluding carboxylic acids is 2. The average molecular weight is 442 g/mol. The number of pyridine rings is 1. The van der Waals surface area contributed by atoms with E-state index in [1.807, 2.05) is 43.3 Å². The summed E-state index contributed by atoms with van der Waals surface area (Å²) in [6.07, 6.45) is -0.132. The highest BCUT2D eigenvalue weighted by molar-refractivity contribution is 9.10. The summed E-state index contributed by atoms with van der Waals surface area (Å²) in [7, 11) is 0. The molecule has 0 amide bonds. The highest BCUT2D eigenvalue weighted by atomic mass is 79.9. The van der Waals surface area contributed by atoms with E-state index in [0.29, 0.717) is 10.2 Å². The third-order valence-electron chi connectivity index (χ3n) is 4.49. The summed E-state index contributed by atoms with van der Waals surface area (Å²) in [6, 6.07) is 13.6. The van der Waals surface area contributed by atoms with Gasteiger partial charge in [0.05, 0.1) is 23.2 Å². The fourth-order valence-electron chi connectivity index (χ4n) is 3.08. The van der Waals surface area contributed by atoms with E-state index in [2.05, 4.69) is 20.9 Å². The van der Waals surface area contributed by atoms with Gasteiger partial charge in [-0.25, -0.2) is 4.98 Å². The molecular formula is C22H20BrNO4. The molecule has 0 spiro atoms. The highest BCUT2D eigenvalue weighted by Crippen LogP contribution is 2.35. The third-order valence-corrected chi connectivity index (χ3v) is 5.09. The van der Waals surface area contributed by atoms with Crippen molar-refractivity contribution >= 4 is 38.5 Å². The first-order valence-electron chi connectivity index (χ1n) is 8.99. The molecule has 5 nitrogen and oxygen atoms in total. The Labute approximate surface area is 171 Å². The number of esters is 1. The van der Waals surface area contributed by atoms with Crippen molar-refractivity contribution in [2.24, 2.45) is 0 Å². The van der Waals surface area contributed by atoms with Crippen molar-refractivity contribution < 1.29 is 19.4 Å². The van der Waals surface area contributed by atoms with Crippen molar-refractivity contribution in [3.05, 3.63) is 58.2 Å². The van der Waals surface area contributed by atoms with E-state index in [4.69, 9.17) is 4.74 Å². The molecule has 0 saturated carbocycles. The summed E-state index contributed by atoms with van der Waals surface area (Å²) < 4.78 is 5.23. The first-order chi connectivity index (χ1) is 13.4. The molecule has 0 unspecified atom stereocenters. The van der Waals surface area contributed by atoms with Gasteiger partial charge in [0.1, 0.15) is 5.69 Å². The normalized spacial score (nSPS) is 10.8. The number of rotatable bonds is 6. The van der Waals surface area contributed by atoms with Crippen LogP contribution in [0.3, 0.4) is 0 Å². The number of ether oxygens (including phenoxy) is 1.